The third-order valence-corrected chi connectivity index (χ3v) is 4.32. The highest BCUT2D eigenvalue weighted by Gasteiger charge is 2.16. The Bertz CT molecular complexity index is 640. The molecule has 0 fully saturated rings. The molecule has 2 amide bonds. The van der Waals surface area contributed by atoms with E-state index < -0.39 is 0 Å². The van der Waals surface area contributed by atoms with Crippen molar-refractivity contribution < 1.29 is 4.79 Å². The molecule has 2 aromatic rings. The average Bonchev–Trinajstić information content (AvgIpc) is 3.07. The first-order chi connectivity index (χ1) is 10.3. The number of urea groups is 1. The van der Waals surface area contributed by atoms with Crippen LogP contribution in [-0.4, -0.2) is 32.7 Å². The highest BCUT2D eigenvalue weighted by Crippen LogP contribution is 2.17. The number of hydrogen-bond acceptors (Lipinski definition) is 4. The number of anilines is 1. The van der Waals surface area contributed by atoms with E-state index in [9.17, 15) is 4.79 Å². The minimum absolute atomic E-state index is 0.105. The van der Waals surface area contributed by atoms with Gasteiger partial charge in [0.2, 0.25) is 0 Å². The molecule has 2 heterocycles. The highest BCUT2D eigenvalue weighted by atomic mass is 32.1. The molecule has 0 radical (unpaired) electrons. The largest absolute Gasteiger partial charge is 0.322 e. The van der Waals surface area contributed by atoms with Crippen molar-refractivity contribution in [3.05, 3.63) is 28.5 Å². The fourth-order valence-electron chi connectivity index (χ4n) is 1.83. The summed E-state index contributed by atoms with van der Waals surface area (Å²) in [6.45, 7) is 8.78. The third-order valence-electron chi connectivity index (χ3n) is 3.19. The topological polar surface area (TPSA) is 63.1 Å². The molecule has 0 aromatic carbocycles. The number of amides is 2. The quantitative estimate of drug-likeness (QED) is 0.939. The van der Waals surface area contributed by atoms with Crippen LogP contribution in [0.3, 0.4) is 0 Å². The van der Waals surface area contributed by atoms with Gasteiger partial charge in [0.1, 0.15) is 5.01 Å². The van der Waals surface area contributed by atoms with Gasteiger partial charge in [0.15, 0.2) is 0 Å². The smallest absolute Gasteiger partial charge is 0.321 e. The SMILES string of the molecule is CCc1cnc(CN(C)C(=O)Nc2cnn(C(C)(C)C)c2)s1. The van der Waals surface area contributed by atoms with E-state index in [1.165, 1.54) is 4.88 Å². The van der Waals surface area contributed by atoms with Gasteiger partial charge in [-0.05, 0) is 27.2 Å². The first kappa shape index (κ1) is 16.5. The second-order valence-electron chi connectivity index (χ2n) is 6.20. The first-order valence-electron chi connectivity index (χ1n) is 7.30. The standard InChI is InChI=1S/C15H23N5OS/c1-6-12-8-16-13(22-12)10-19(5)14(21)18-11-7-17-20(9-11)15(2,3)4/h7-9H,6,10H2,1-5H3,(H,18,21). The van der Waals surface area contributed by atoms with Crippen molar-refractivity contribution in [2.75, 3.05) is 12.4 Å². The van der Waals surface area contributed by atoms with E-state index in [2.05, 4.69) is 43.1 Å². The third kappa shape index (κ3) is 4.07. The number of thiazole rings is 1. The second kappa shape index (κ2) is 6.48. The normalized spacial score (nSPS) is 11.5. The summed E-state index contributed by atoms with van der Waals surface area (Å²) in [6.07, 6.45) is 6.35. The molecule has 0 saturated heterocycles. The molecular formula is C15H23N5OS. The molecule has 7 heteroatoms. The summed E-state index contributed by atoms with van der Waals surface area (Å²) in [5.74, 6) is 0. The average molecular weight is 321 g/mol. The summed E-state index contributed by atoms with van der Waals surface area (Å²) in [5, 5.41) is 8.07. The summed E-state index contributed by atoms with van der Waals surface area (Å²) in [7, 11) is 1.76. The molecule has 0 unspecified atom stereocenters. The van der Waals surface area contributed by atoms with Gasteiger partial charge in [0, 0.05) is 24.3 Å². The van der Waals surface area contributed by atoms with Gasteiger partial charge in [-0.2, -0.15) is 5.10 Å². The van der Waals surface area contributed by atoms with E-state index in [1.54, 1.807) is 29.5 Å². The van der Waals surface area contributed by atoms with E-state index in [4.69, 9.17) is 0 Å². The van der Waals surface area contributed by atoms with Crippen LogP contribution in [0.2, 0.25) is 0 Å². The zero-order valence-corrected chi connectivity index (χ0v) is 14.6. The van der Waals surface area contributed by atoms with E-state index in [-0.39, 0.29) is 11.6 Å². The lowest BCUT2D eigenvalue weighted by atomic mass is 10.1. The number of carbonyl (C=O) groups is 1. The predicted molar refractivity (Wildman–Crippen MR) is 89.2 cm³/mol. The Kier molecular flexibility index (Phi) is 4.85. The Balaban J connectivity index is 1.95. The second-order valence-corrected chi connectivity index (χ2v) is 7.40. The zero-order valence-electron chi connectivity index (χ0n) is 13.8. The van der Waals surface area contributed by atoms with Crippen molar-refractivity contribution in [3.8, 4) is 0 Å². The van der Waals surface area contributed by atoms with E-state index in [0.717, 1.165) is 11.4 Å². The van der Waals surface area contributed by atoms with Crippen LogP contribution in [0.15, 0.2) is 18.6 Å². The van der Waals surface area contributed by atoms with Crippen molar-refractivity contribution in [1.82, 2.24) is 19.7 Å². The molecule has 0 atom stereocenters. The number of hydrogen-bond donors (Lipinski definition) is 1. The molecule has 2 aromatic heterocycles. The fourth-order valence-corrected chi connectivity index (χ4v) is 2.75. The molecule has 2 rings (SSSR count). The molecule has 0 aliphatic carbocycles. The lowest BCUT2D eigenvalue weighted by Crippen LogP contribution is -2.30. The van der Waals surface area contributed by atoms with Crippen molar-refractivity contribution in [1.29, 1.82) is 0 Å². The first-order valence-corrected chi connectivity index (χ1v) is 8.12. The van der Waals surface area contributed by atoms with Crippen LogP contribution in [0.4, 0.5) is 10.5 Å². The Morgan fingerprint density at radius 3 is 2.68 bits per heavy atom. The number of nitrogens with zero attached hydrogens (tertiary/aromatic N) is 4. The number of aromatic nitrogens is 3. The zero-order chi connectivity index (χ0) is 16.3. The Labute approximate surface area is 135 Å². The molecule has 0 saturated carbocycles. The molecule has 120 valence electrons. The van der Waals surface area contributed by atoms with Crippen molar-refractivity contribution in [2.24, 2.45) is 0 Å². The number of nitrogens with one attached hydrogen (secondary N) is 1. The summed E-state index contributed by atoms with van der Waals surface area (Å²) >= 11 is 1.64. The summed E-state index contributed by atoms with van der Waals surface area (Å²) in [6, 6.07) is -0.165. The molecule has 6 nitrogen and oxygen atoms in total. The van der Waals surface area contributed by atoms with Crippen molar-refractivity contribution >= 4 is 23.1 Å². The predicted octanol–water partition coefficient (Wildman–Crippen LogP) is 3.32. The lowest BCUT2D eigenvalue weighted by molar-refractivity contribution is 0.220. The van der Waals surface area contributed by atoms with Gasteiger partial charge in [0.25, 0.3) is 0 Å². The van der Waals surface area contributed by atoms with Crippen LogP contribution in [-0.2, 0) is 18.5 Å². The molecular weight excluding hydrogens is 298 g/mol. The van der Waals surface area contributed by atoms with Gasteiger partial charge in [-0.15, -0.1) is 11.3 Å². The van der Waals surface area contributed by atoms with Crippen LogP contribution >= 0.6 is 11.3 Å². The molecule has 0 aliphatic rings. The molecule has 0 aliphatic heterocycles. The van der Waals surface area contributed by atoms with Crippen LogP contribution in [0.25, 0.3) is 0 Å². The number of carbonyl (C=O) groups excluding carboxylic acids is 1. The van der Waals surface area contributed by atoms with Gasteiger partial charge in [0.05, 0.1) is 24.0 Å². The number of aryl methyl sites for hydroxylation is 1. The van der Waals surface area contributed by atoms with Crippen LogP contribution in [0.5, 0.6) is 0 Å². The summed E-state index contributed by atoms with van der Waals surface area (Å²) in [4.78, 5) is 19.4. The monoisotopic (exact) mass is 321 g/mol. The molecule has 0 bridgehead atoms. The van der Waals surface area contributed by atoms with Crippen molar-refractivity contribution in [3.63, 3.8) is 0 Å². The van der Waals surface area contributed by atoms with E-state index in [1.807, 2.05) is 17.1 Å². The summed E-state index contributed by atoms with van der Waals surface area (Å²) in [5.41, 5.74) is 0.590. The van der Waals surface area contributed by atoms with Crippen LogP contribution < -0.4 is 5.32 Å². The summed E-state index contributed by atoms with van der Waals surface area (Å²) < 4.78 is 1.83. The maximum atomic E-state index is 12.2. The van der Waals surface area contributed by atoms with Gasteiger partial charge >= 0.3 is 6.03 Å². The molecule has 22 heavy (non-hydrogen) atoms. The van der Waals surface area contributed by atoms with Gasteiger partial charge in [-0.3, -0.25) is 4.68 Å². The molecule has 1 N–H and O–H groups in total. The lowest BCUT2D eigenvalue weighted by Gasteiger charge is -2.19. The fraction of sp³-hybridized carbons (Fsp3) is 0.533. The van der Waals surface area contributed by atoms with Gasteiger partial charge < -0.3 is 10.2 Å². The van der Waals surface area contributed by atoms with Crippen LogP contribution in [0, 0.1) is 0 Å². The number of rotatable bonds is 4. The van der Waals surface area contributed by atoms with Crippen LogP contribution in [0.1, 0.15) is 37.6 Å². The van der Waals surface area contributed by atoms with Gasteiger partial charge in [-0.25, -0.2) is 9.78 Å². The van der Waals surface area contributed by atoms with Gasteiger partial charge in [-0.1, -0.05) is 6.92 Å². The van der Waals surface area contributed by atoms with Crippen molar-refractivity contribution in [2.45, 2.75) is 46.2 Å². The maximum Gasteiger partial charge on any atom is 0.322 e. The van der Waals surface area contributed by atoms with E-state index >= 15 is 0 Å². The minimum atomic E-state index is -0.165. The minimum Gasteiger partial charge on any atom is -0.321 e. The Morgan fingerprint density at radius 2 is 2.14 bits per heavy atom. The van der Waals surface area contributed by atoms with E-state index in [0.29, 0.717) is 12.2 Å². The Hall–Kier alpha value is -1.89. The maximum absolute atomic E-state index is 12.2. The Morgan fingerprint density at radius 1 is 1.41 bits per heavy atom. The molecule has 0 spiro atoms. The highest BCUT2D eigenvalue weighted by molar-refractivity contribution is 7.11.